The third-order valence-electron chi connectivity index (χ3n) is 11.1. The number of fused-ring (bicyclic) bond motifs is 6. The minimum atomic E-state index is 0. The molecule has 4 aliphatic carbocycles. The first-order valence-corrected chi connectivity index (χ1v) is 19.4. The lowest BCUT2D eigenvalue weighted by Crippen LogP contribution is -2.36. The highest BCUT2D eigenvalue weighted by atomic mass is 32.1. The first kappa shape index (κ1) is 34.5. The van der Waals surface area contributed by atoms with Crippen LogP contribution < -0.4 is 16.4 Å². The highest BCUT2D eigenvalue weighted by molar-refractivity contribution is 7.19. The van der Waals surface area contributed by atoms with Crippen molar-refractivity contribution in [3.63, 3.8) is 0 Å². The Balaban J connectivity index is 0.000000161. The Morgan fingerprint density at radius 2 is 1.11 bits per heavy atom. The second kappa shape index (κ2) is 15.0. The zero-order chi connectivity index (χ0) is 31.8. The molecule has 2 saturated carbocycles. The first-order chi connectivity index (χ1) is 22.3. The Kier molecular flexibility index (Phi) is 11.0. The number of anilines is 2. The molecule has 4 aliphatic rings. The number of rotatable bonds is 5. The molecule has 0 radical (unpaired) electrons. The summed E-state index contributed by atoms with van der Waals surface area (Å²) in [5.41, 5.74) is 9.05. The van der Waals surface area contributed by atoms with Crippen molar-refractivity contribution in [3.8, 4) is 0 Å². The first-order valence-electron chi connectivity index (χ1n) is 17.8. The number of nitrogens with two attached hydrogens (primary N) is 1. The van der Waals surface area contributed by atoms with Crippen molar-refractivity contribution in [3.05, 3.63) is 33.5 Å². The van der Waals surface area contributed by atoms with Gasteiger partial charge in [-0.05, 0) is 127 Å². The fraction of sp³-hybridized carbons (Fsp3) is 0.676. The molecule has 4 aromatic heterocycles. The van der Waals surface area contributed by atoms with Gasteiger partial charge in [0.05, 0.1) is 10.8 Å². The van der Waals surface area contributed by atoms with Crippen LogP contribution in [0.5, 0.6) is 0 Å². The van der Waals surface area contributed by atoms with Gasteiger partial charge in [-0.3, -0.25) is 0 Å². The number of nitrogens with one attached hydrogen (secondary N) is 2. The van der Waals surface area contributed by atoms with Gasteiger partial charge in [-0.2, -0.15) is 0 Å². The Bertz CT molecular complexity index is 1630. The topological polar surface area (TPSA) is 105 Å². The third-order valence-corrected chi connectivity index (χ3v) is 13.5. The zero-order valence-electron chi connectivity index (χ0n) is 28.1. The molecule has 0 bridgehead atoms. The summed E-state index contributed by atoms with van der Waals surface area (Å²) in [6.07, 6.45) is 20.4. The van der Waals surface area contributed by atoms with Gasteiger partial charge in [0, 0.05) is 33.9 Å². The minimum absolute atomic E-state index is 0. The Morgan fingerprint density at radius 3 is 1.55 bits per heavy atom. The number of hydrogen-bond acceptors (Lipinski definition) is 10. The summed E-state index contributed by atoms with van der Waals surface area (Å²) in [6, 6.07) is 2.19. The van der Waals surface area contributed by atoms with Crippen molar-refractivity contribution in [2.45, 2.75) is 135 Å². The van der Waals surface area contributed by atoms with Crippen molar-refractivity contribution < 1.29 is 0 Å². The van der Waals surface area contributed by atoms with E-state index in [0.717, 1.165) is 60.0 Å². The average molecular weight is 677 g/mol. The van der Waals surface area contributed by atoms with Crippen molar-refractivity contribution in [1.29, 1.82) is 0 Å². The van der Waals surface area contributed by atoms with E-state index in [1.807, 2.05) is 22.7 Å². The van der Waals surface area contributed by atoms with Crippen molar-refractivity contribution in [1.82, 2.24) is 24.8 Å². The van der Waals surface area contributed by atoms with E-state index in [-0.39, 0.29) is 7.43 Å². The number of hydrogen-bond donors (Lipinski definition) is 3. The molecule has 8 nitrogen and oxygen atoms in total. The third kappa shape index (κ3) is 7.61. The lowest BCUT2D eigenvalue weighted by Gasteiger charge is -2.33. The minimum Gasteiger partial charge on any atom is -0.367 e. The Labute approximate surface area is 289 Å². The molecule has 256 valence electrons. The van der Waals surface area contributed by atoms with Gasteiger partial charge in [0.2, 0.25) is 0 Å². The summed E-state index contributed by atoms with van der Waals surface area (Å²) in [5.74, 6) is 3.68. The van der Waals surface area contributed by atoms with Crippen LogP contribution in [0.1, 0.15) is 106 Å². The van der Waals surface area contributed by atoms with E-state index < -0.39 is 0 Å². The molecule has 0 aliphatic heterocycles. The fourth-order valence-electron chi connectivity index (χ4n) is 8.17. The molecule has 4 aromatic rings. The maximum atomic E-state index is 6.02. The second-order valence-corrected chi connectivity index (χ2v) is 17.0. The van der Waals surface area contributed by atoms with E-state index >= 15 is 0 Å². The van der Waals surface area contributed by atoms with E-state index in [4.69, 9.17) is 5.73 Å². The highest BCUT2D eigenvalue weighted by Crippen LogP contribution is 2.41. The molecule has 10 heteroatoms. The standard InChI is InChI=1S/C19H28N4S.C17H24N4S.CH4/c1-12-4-9-16-15(10-12)17-18(20-11-21-19(17)24-16)22-13-5-7-14(8-6-13)23(2)3;1-10-2-7-14-13(8-10)15-16(19-9-20-17(15)22-14)21-12-5-3-11(18)4-6-12;/h11-14H,4-10H2,1-3H3,(H,20,21,22);9-12H,2-8,18H2,1H3,(H,19,20,21);1H4/t12-,13?,14?;10-,11?,12?;/m11./s1. The molecule has 2 fully saturated rings. The van der Waals surface area contributed by atoms with E-state index in [2.05, 4.69) is 63.4 Å². The van der Waals surface area contributed by atoms with Crippen LogP contribution in [0.25, 0.3) is 20.4 Å². The molecule has 0 unspecified atom stereocenters. The Morgan fingerprint density at radius 1 is 0.660 bits per heavy atom. The zero-order valence-corrected chi connectivity index (χ0v) is 29.8. The van der Waals surface area contributed by atoms with Crippen LogP contribution in [0.15, 0.2) is 12.7 Å². The van der Waals surface area contributed by atoms with Crippen molar-refractivity contribution in [2.24, 2.45) is 17.6 Å². The Hall–Kier alpha value is -2.40. The number of aromatic nitrogens is 4. The lowest BCUT2D eigenvalue weighted by atomic mass is 9.88. The molecule has 47 heavy (non-hydrogen) atoms. The molecule has 8 rings (SSSR count). The van der Waals surface area contributed by atoms with Gasteiger partial charge in [-0.25, -0.2) is 19.9 Å². The largest absolute Gasteiger partial charge is 0.367 e. The quantitative estimate of drug-likeness (QED) is 0.194. The van der Waals surface area contributed by atoms with E-state index in [1.54, 1.807) is 17.5 Å². The van der Waals surface area contributed by atoms with Gasteiger partial charge in [-0.15, -0.1) is 22.7 Å². The molecule has 0 aromatic carbocycles. The predicted molar refractivity (Wildman–Crippen MR) is 201 cm³/mol. The highest BCUT2D eigenvalue weighted by Gasteiger charge is 2.27. The lowest BCUT2D eigenvalue weighted by molar-refractivity contribution is 0.221. The van der Waals surface area contributed by atoms with Crippen molar-refractivity contribution >= 4 is 54.7 Å². The van der Waals surface area contributed by atoms with Gasteiger partial charge in [0.1, 0.15) is 34.0 Å². The summed E-state index contributed by atoms with van der Waals surface area (Å²) in [7, 11) is 4.40. The monoisotopic (exact) mass is 676 g/mol. The van der Waals surface area contributed by atoms with E-state index in [9.17, 15) is 0 Å². The van der Waals surface area contributed by atoms with Gasteiger partial charge < -0.3 is 21.3 Å². The molecular weight excluding hydrogens is 621 g/mol. The van der Waals surface area contributed by atoms with Crippen LogP contribution in [0.4, 0.5) is 11.6 Å². The molecular formula is C37H56N8S2. The predicted octanol–water partition coefficient (Wildman–Crippen LogP) is 8.23. The number of thiophene rings is 2. The van der Waals surface area contributed by atoms with E-state index in [0.29, 0.717) is 18.1 Å². The van der Waals surface area contributed by atoms with Crippen LogP contribution in [0.3, 0.4) is 0 Å². The number of nitrogens with zero attached hydrogens (tertiary/aromatic N) is 5. The fourth-order valence-corrected chi connectivity index (χ4v) is 10.5. The molecule has 0 spiro atoms. The molecule has 0 amide bonds. The smallest absolute Gasteiger partial charge is 0.138 e. The average Bonchev–Trinajstić information content (AvgIpc) is 3.61. The summed E-state index contributed by atoms with van der Waals surface area (Å²) < 4.78 is 0. The van der Waals surface area contributed by atoms with Gasteiger partial charge >= 0.3 is 0 Å². The van der Waals surface area contributed by atoms with Crippen LogP contribution in [-0.2, 0) is 25.7 Å². The SMILES string of the molecule is C.C[C@@H]1CCc2sc3ncnc(NC4CCC(N(C)C)CC4)c3c2C1.C[C@@H]1CCc2sc3ncnc(NC4CCC(N)CC4)c3c2C1. The summed E-state index contributed by atoms with van der Waals surface area (Å²) in [5, 5.41) is 10.1. The summed E-state index contributed by atoms with van der Waals surface area (Å²) in [6.45, 7) is 4.72. The van der Waals surface area contributed by atoms with Crippen LogP contribution in [0, 0.1) is 11.8 Å². The van der Waals surface area contributed by atoms with E-state index in [1.165, 1.54) is 95.8 Å². The molecule has 4 heterocycles. The molecule has 4 N–H and O–H groups in total. The number of aryl methyl sites for hydroxylation is 2. The normalized spacial score (nSPS) is 27.4. The van der Waals surface area contributed by atoms with Crippen LogP contribution in [0.2, 0.25) is 0 Å². The van der Waals surface area contributed by atoms with Gasteiger partial charge in [0.25, 0.3) is 0 Å². The van der Waals surface area contributed by atoms with Gasteiger partial charge in [0.15, 0.2) is 0 Å². The summed E-state index contributed by atoms with van der Waals surface area (Å²) in [4.78, 5) is 26.1. The molecule has 2 atom stereocenters. The molecule has 0 saturated heterocycles. The van der Waals surface area contributed by atoms with Crippen LogP contribution >= 0.6 is 22.7 Å². The maximum absolute atomic E-state index is 6.02. The maximum Gasteiger partial charge on any atom is 0.138 e. The van der Waals surface area contributed by atoms with Gasteiger partial charge in [-0.1, -0.05) is 21.3 Å². The second-order valence-electron chi connectivity index (χ2n) is 14.9. The van der Waals surface area contributed by atoms with Crippen molar-refractivity contribution in [2.75, 3.05) is 24.7 Å². The summed E-state index contributed by atoms with van der Waals surface area (Å²) >= 11 is 3.75. The van der Waals surface area contributed by atoms with Crippen LogP contribution in [-0.4, -0.2) is 63.1 Å².